The molecule has 0 saturated heterocycles. The molecule has 0 unspecified atom stereocenters. The van der Waals surface area contributed by atoms with Crippen LogP contribution in [0.25, 0.3) is 0 Å². The van der Waals surface area contributed by atoms with Gasteiger partial charge in [0.25, 0.3) is 0 Å². The highest BCUT2D eigenvalue weighted by Crippen LogP contribution is 2.19. The van der Waals surface area contributed by atoms with Gasteiger partial charge in [-0.3, -0.25) is 4.79 Å². The largest absolute Gasteiger partial charge is 0.423 e. The normalized spacial score (nSPS) is 11.2. The molecule has 0 aliphatic heterocycles. The fourth-order valence-electron chi connectivity index (χ4n) is 1.97. The van der Waals surface area contributed by atoms with Gasteiger partial charge in [-0.25, -0.2) is 17.5 Å². The highest BCUT2D eigenvalue weighted by molar-refractivity contribution is 7.89. The number of amides is 1. The molecule has 1 N–H and O–H groups in total. The number of esters is 1. The summed E-state index contributed by atoms with van der Waals surface area (Å²) in [5.41, 5.74) is 0.695. The third-order valence-corrected chi connectivity index (χ3v) is 5.04. The van der Waals surface area contributed by atoms with E-state index < -0.39 is 16.0 Å². The molecule has 0 saturated carbocycles. The average Bonchev–Trinajstić information content (AvgIpc) is 2.56. The topological polar surface area (TPSA) is 92.8 Å². The van der Waals surface area contributed by atoms with Gasteiger partial charge in [0, 0.05) is 26.7 Å². The Morgan fingerprint density at radius 3 is 2.24 bits per heavy atom. The first-order chi connectivity index (χ1) is 11.7. The van der Waals surface area contributed by atoms with Crippen molar-refractivity contribution >= 4 is 27.6 Å². The zero-order chi connectivity index (χ0) is 18.6. The summed E-state index contributed by atoms with van der Waals surface area (Å²) in [5.74, 6) is -0.605. The Bertz CT molecular complexity index is 890. The number of carbonyl (C=O) groups excluding carboxylic acids is 2. The number of benzene rings is 2. The summed E-state index contributed by atoms with van der Waals surface area (Å²) < 4.78 is 30.6. The molecular weight excluding hydrogens is 344 g/mol. The van der Waals surface area contributed by atoms with Crippen molar-refractivity contribution in [2.45, 2.75) is 11.8 Å². The van der Waals surface area contributed by atoms with Crippen LogP contribution >= 0.6 is 0 Å². The standard InChI is InChI=1S/C17H18N2O5S/c1-12(20)18-14-7-9-15(10-8-14)24-17(21)13-5-4-6-16(11-13)25(22,23)19(2)3/h4-11H,1-3H3,(H,18,20). The first kappa shape index (κ1) is 18.6. The molecule has 2 rings (SSSR count). The molecule has 0 aromatic heterocycles. The predicted molar refractivity (Wildman–Crippen MR) is 93.0 cm³/mol. The lowest BCUT2D eigenvalue weighted by molar-refractivity contribution is -0.114. The Morgan fingerprint density at radius 1 is 1.04 bits per heavy atom. The van der Waals surface area contributed by atoms with Gasteiger partial charge in [0.05, 0.1) is 10.5 Å². The van der Waals surface area contributed by atoms with Gasteiger partial charge in [-0.2, -0.15) is 0 Å². The molecule has 0 aliphatic rings. The van der Waals surface area contributed by atoms with Crippen molar-refractivity contribution in [3.8, 4) is 5.75 Å². The Morgan fingerprint density at radius 2 is 1.68 bits per heavy atom. The van der Waals surface area contributed by atoms with Gasteiger partial charge in [0.2, 0.25) is 15.9 Å². The molecule has 0 bridgehead atoms. The van der Waals surface area contributed by atoms with Crippen LogP contribution in [0, 0.1) is 0 Å². The lowest BCUT2D eigenvalue weighted by Gasteiger charge is -2.12. The Balaban J connectivity index is 2.17. The number of rotatable bonds is 5. The van der Waals surface area contributed by atoms with E-state index in [9.17, 15) is 18.0 Å². The number of nitrogens with one attached hydrogen (secondary N) is 1. The summed E-state index contributed by atoms with van der Waals surface area (Å²) >= 11 is 0. The van der Waals surface area contributed by atoms with Crippen molar-refractivity contribution in [2.75, 3.05) is 19.4 Å². The molecule has 0 aliphatic carbocycles. The summed E-state index contributed by atoms with van der Waals surface area (Å²) in [5, 5.41) is 2.60. The number of anilines is 1. The molecule has 132 valence electrons. The van der Waals surface area contributed by atoms with Gasteiger partial charge in [-0.1, -0.05) is 6.07 Å². The number of carbonyl (C=O) groups is 2. The third kappa shape index (κ3) is 4.65. The molecular formula is C17H18N2O5S. The Kier molecular flexibility index (Phi) is 5.55. The van der Waals surface area contributed by atoms with E-state index in [1.54, 1.807) is 12.1 Å². The summed E-state index contributed by atoms with van der Waals surface area (Å²) in [6.45, 7) is 1.39. The zero-order valence-corrected chi connectivity index (χ0v) is 14.8. The van der Waals surface area contributed by atoms with E-state index >= 15 is 0 Å². The monoisotopic (exact) mass is 362 g/mol. The average molecular weight is 362 g/mol. The van der Waals surface area contributed by atoms with Crippen LogP contribution in [-0.2, 0) is 14.8 Å². The van der Waals surface area contributed by atoms with Crippen molar-refractivity contribution < 1.29 is 22.7 Å². The smallest absolute Gasteiger partial charge is 0.343 e. The zero-order valence-electron chi connectivity index (χ0n) is 14.0. The summed E-state index contributed by atoms with van der Waals surface area (Å²) in [7, 11) is -0.810. The lowest BCUT2D eigenvalue weighted by Crippen LogP contribution is -2.22. The quantitative estimate of drug-likeness (QED) is 0.650. The summed E-state index contributed by atoms with van der Waals surface area (Å²) in [6.07, 6.45) is 0. The van der Waals surface area contributed by atoms with Crippen LogP contribution in [0.2, 0.25) is 0 Å². The minimum Gasteiger partial charge on any atom is -0.423 e. The molecule has 0 atom stereocenters. The second kappa shape index (κ2) is 7.45. The van der Waals surface area contributed by atoms with E-state index in [0.29, 0.717) is 5.69 Å². The van der Waals surface area contributed by atoms with Crippen LogP contribution in [-0.4, -0.2) is 38.7 Å². The van der Waals surface area contributed by atoms with E-state index in [1.165, 1.54) is 57.4 Å². The van der Waals surface area contributed by atoms with Crippen molar-refractivity contribution in [1.29, 1.82) is 0 Å². The van der Waals surface area contributed by atoms with Gasteiger partial charge >= 0.3 is 5.97 Å². The second-order valence-electron chi connectivity index (χ2n) is 5.41. The first-order valence-corrected chi connectivity index (χ1v) is 8.76. The Labute approximate surface area is 146 Å². The van der Waals surface area contributed by atoms with Gasteiger partial charge in [-0.15, -0.1) is 0 Å². The molecule has 25 heavy (non-hydrogen) atoms. The SMILES string of the molecule is CC(=O)Nc1ccc(OC(=O)c2cccc(S(=O)(=O)N(C)C)c2)cc1. The van der Waals surface area contributed by atoms with Crippen LogP contribution in [0.5, 0.6) is 5.75 Å². The fraction of sp³-hybridized carbons (Fsp3) is 0.176. The van der Waals surface area contributed by atoms with Crippen LogP contribution in [0.15, 0.2) is 53.4 Å². The minimum atomic E-state index is -3.64. The molecule has 2 aromatic carbocycles. The molecule has 0 heterocycles. The molecule has 8 heteroatoms. The van der Waals surface area contributed by atoms with Crippen LogP contribution in [0.4, 0.5) is 5.69 Å². The maximum absolute atomic E-state index is 12.2. The highest BCUT2D eigenvalue weighted by atomic mass is 32.2. The minimum absolute atomic E-state index is 0.00737. The maximum atomic E-state index is 12.2. The van der Waals surface area contributed by atoms with Crippen molar-refractivity contribution in [1.82, 2.24) is 4.31 Å². The van der Waals surface area contributed by atoms with Gasteiger partial charge in [0.15, 0.2) is 0 Å². The molecule has 7 nitrogen and oxygen atoms in total. The number of hydrogen-bond acceptors (Lipinski definition) is 5. The van der Waals surface area contributed by atoms with E-state index in [0.717, 1.165) is 4.31 Å². The van der Waals surface area contributed by atoms with Gasteiger partial charge in [-0.05, 0) is 42.5 Å². The number of hydrogen-bond donors (Lipinski definition) is 1. The molecule has 1 amide bonds. The van der Waals surface area contributed by atoms with E-state index in [-0.39, 0.29) is 22.1 Å². The van der Waals surface area contributed by atoms with E-state index in [1.807, 2.05) is 0 Å². The summed E-state index contributed by atoms with van der Waals surface area (Å²) in [4.78, 5) is 23.2. The maximum Gasteiger partial charge on any atom is 0.343 e. The Hall–Kier alpha value is -2.71. The van der Waals surface area contributed by atoms with Gasteiger partial charge < -0.3 is 10.1 Å². The van der Waals surface area contributed by atoms with Crippen molar-refractivity contribution in [2.24, 2.45) is 0 Å². The molecule has 0 spiro atoms. The number of nitrogens with zero attached hydrogens (tertiary/aromatic N) is 1. The van der Waals surface area contributed by atoms with Crippen molar-refractivity contribution in [3.63, 3.8) is 0 Å². The third-order valence-electron chi connectivity index (χ3n) is 3.23. The van der Waals surface area contributed by atoms with Crippen LogP contribution in [0.1, 0.15) is 17.3 Å². The fourth-order valence-corrected chi connectivity index (χ4v) is 2.92. The molecule has 2 aromatic rings. The second-order valence-corrected chi connectivity index (χ2v) is 7.56. The van der Waals surface area contributed by atoms with Crippen molar-refractivity contribution in [3.05, 3.63) is 54.1 Å². The van der Waals surface area contributed by atoms with E-state index in [2.05, 4.69) is 5.32 Å². The first-order valence-electron chi connectivity index (χ1n) is 7.32. The molecule has 0 fully saturated rings. The predicted octanol–water partition coefficient (Wildman–Crippen LogP) is 2.11. The van der Waals surface area contributed by atoms with E-state index in [4.69, 9.17) is 4.74 Å². The van der Waals surface area contributed by atoms with Crippen LogP contribution < -0.4 is 10.1 Å². The molecule has 0 radical (unpaired) electrons. The summed E-state index contributed by atoms with van der Waals surface area (Å²) in [6, 6.07) is 11.9. The number of sulfonamides is 1. The van der Waals surface area contributed by atoms with Crippen LogP contribution in [0.3, 0.4) is 0 Å². The highest BCUT2D eigenvalue weighted by Gasteiger charge is 2.19. The number of ether oxygens (including phenoxy) is 1. The van der Waals surface area contributed by atoms with Gasteiger partial charge in [0.1, 0.15) is 5.75 Å². The lowest BCUT2D eigenvalue weighted by atomic mass is 10.2.